The zero-order chi connectivity index (χ0) is 15.9. The van der Waals surface area contributed by atoms with Gasteiger partial charge in [-0.15, -0.1) is 0 Å². The number of hydrogen-bond acceptors (Lipinski definition) is 2. The molecule has 1 atom stereocenters. The van der Waals surface area contributed by atoms with Crippen molar-refractivity contribution in [1.82, 2.24) is 0 Å². The van der Waals surface area contributed by atoms with Gasteiger partial charge in [0.2, 0.25) is 0 Å². The van der Waals surface area contributed by atoms with Gasteiger partial charge in [0.25, 0.3) is 0 Å². The Morgan fingerprint density at radius 1 is 1.14 bits per heavy atom. The molecular weight excluding hydrogens is 272 g/mol. The van der Waals surface area contributed by atoms with E-state index in [4.69, 9.17) is 5.73 Å². The maximum Gasteiger partial charge on any atom is 0.193 e. The maximum absolute atomic E-state index is 5.95. The van der Waals surface area contributed by atoms with Gasteiger partial charge in [-0.3, -0.25) is 4.99 Å². The number of nitrogens with zero attached hydrogens (tertiary/aromatic N) is 2. The van der Waals surface area contributed by atoms with Crippen LogP contribution >= 0.6 is 0 Å². The molecule has 116 valence electrons. The van der Waals surface area contributed by atoms with E-state index < -0.39 is 0 Å². The van der Waals surface area contributed by atoms with Crippen molar-refractivity contribution in [1.29, 1.82) is 0 Å². The first kappa shape index (κ1) is 15.9. The van der Waals surface area contributed by atoms with Gasteiger partial charge in [-0.1, -0.05) is 35.9 Å². The van der Waals surface area contributed by atoms with Gasteiger partial charge in [-0.25, -0.2) is 0 Å². The number of aryl methyl sites for hydroxylation is 1. The summed E-state index contributed by atoms with van der Waals surface area (Å²) >= 11 is 0. The summed E-state index contributed by atoms with van der Waals surface area (Å²) in [6, 6.07) is 18.6. The Labute approximate surface area is 132 Å². The first-order valence-electron chi connectivity index (χ1n) is 7.48. The third-order valence-corrected chi connectivity index (χ3v) is 3.67. The Balaban J connectivity index is 1.91. The average molecular weight is 296 g/mol. The Bertz CT molecular complexity index is 605. The zero-order valence-electron chi connectivity index (χ0n) is 13.5. The number of rotatable bonds is 5. The largest absolute Gasteiger partial charge is 0.370 e. The second kappa shape index (κ2) is 7.50. The molecule has 2 aromatic carbocycles. The van der Waals surface area contributed by atoms with Crippen molar-refractivity contribution >= 4 is 17.3 Å². The Morgan fingerprint density at radius 3 is 2.41 bits per heavy atom. The normalized spacial score (nSPS) is 12.8. The van der Waals surface area contributed by atoms with E-state index in [-0.39, 0.29) is 6.04 Å². The molecular formula is C18H24N4. The van der Waals surface area contributed by atoms with Gasteiger partial charge in [0.15, 0.2) is 5.96 Å². The van der Waals surface area contributed by atoms with Crippen LogP contribution < -0.4 is 16.0 Å². The van der Waals surface area contributed by atoms with Crippen molar-refractivity contribution in [3.8, 4) is 0 Å². The molecule has 4 nitrogen and oxygen atoms in total. The van der Waals surface area contributed by atoms with E-state index in [1.165, 1.54) is 11.3 Å². The molecule has 0 saturated heterocycles. The van der Waals surface area contributed by atoms with Gasteiger partial charge in [-0.2, -0.15) is 0 Å². The van der Waals surface area contributed by atoms with Gasteiger partial charge in [0, 0.05) is 24.5 Å². The van der Waals surface area contributed by atoms with Crippen LogP contribution in [0.5, 0.6) is 0 Å². The number of benzene rings is 2. The lowest BCUT2D eigenvalue weighted by Crippen LogP contribution is -2.33. The molecule has 2 aromatic rings. The van der Waals surface area contributed by atoms with Crippen LogP contribution in [0.4, 0.5) is 11.4 Å². The molecule has 0 bridgehead atoms. The van der Waals surface area contributed by atoms with Crippen molar-refractivity contribution in [2.24, 2.45) is 10.7 Å². The van der Waals surface area contributed by atoms with Crippen molar-refractivity contribution in [3.63, 3.8) is 0 Å². The Hall–Kier alpha value is -2.49. The number of anilines is 2. The van der Waals surface area contributed by atoms with E-state index >= 15 is 0 Å². The van der Waals surface area contributed by atoms with Crippen LogP contribution in [0.25, 0.3) is 0 Å². The molecule has 0 amide bonds. The summed E-state index contributed by atoms with van der Waals surface area (Å²) in [5, 5.41) is 3.11. The lowest BCUT2D eigenvalue weighted by molar-refractivity contribution is 0.696. The molecule has 4 heteroatoms. The van der Waals surface area contributed by atoms with Crippen molar-refractivity contribution in [2.75, 3.05) is 23.8 Å². The van der Waals surface area contributed by atoms with E-state index in [9.17, 15) is 0 Å². The number of likely N-dealkylation sites (N-methyl/N-ethyl adjacent to an activating group) is 1. The fraction of sp³-hybridized carbons (Fsp3) is 0.278. The molecule has 3 N–H and O–H groups in total. The third-order valence-electron chi connectivity index (χ3n) is 3.67. The van der Waals surface area contributed by atoms with Crippen LogP contribution in [0, 0.1) is 6.92 Å². The first-order valence-corrected chi connectivity index (χ1v) is 7.48. The molecule has 0 aliphatic heterocycles. The van der Waals surface area contributed by atoms with Crippen LogP contribution in [0.15, 0.2) is 59.6 Å². The second-order valence-electron chi connectivity index (χ2n) is 5.51. The molecule has 0 aromatic heterocycles. The number of hydrogen-bond donors (Lipinski definition) is 2. The number of nitrogens with one attached hydrogen (secondary N) is 1. The molecule has 0 radical (unpaired) electrons. The second-order valence-corrected chi connectivity index (χ2v) is 5.51. The average Bonchev–Trinajstić information content (AvgIpc) is 2.55. The van der Waals surface area contributed by atoms with Crippen LogP contribution in [0.1, 0.15) is 12.5 Å². The standard InChI is InChI=1S/C18H24N4/c1-14-9-11-16(12-10-14)21-18(19)20-13-15(2)22(3)17-7-5-4-6-8-17/h4-12,15H,13H2,1-3H3,(H3,19,20,21). The fourth-order valence-corrected chi connectivity index (χ4v) is 2.09. The van der Waals surface area contributed by atoms with Gasteiger partial charge < -0.3 is 16.0 Å². The number of nitrogens with two attached hydrogens (primary N) is 1. The summed E-state index contributed by atoms with van der Waals surface area (Å²) in [6.07, 6.45) is 0. The summed E-state index contributed by atoms with van der Waals surface area (Å²) in [6.45, 7) is 4.83. The predicted octanol–water partition coefficient (Wildman–Crippen LogP) is 3.25. The quantitative estimate of drug-likeness (QED) is 0.658. The fourth-order valence-electron chi connectivity index (χ4n) is 2.09. The lowest BCUT2D eigenvalue weighted by Gasteiger charge is -2.25. The smallest absolute Gasteiger partial charge is 0.193 e. The highest BCUT2D eigenvalue weighted by Gasteiger charge is 2.09. The minimum atomic E-state index is 0.265. The molecule has 2 rings (SSSR count). The van der Waals surface area contributed by atoms with Crippen molar-refractivity contribution in [3.05, 3.63) is 60.2 Å². The molecule has 0 saturated carbocycles. The highest BCUT2D eigenvalue weighted by atomic mass is 15.2. The molecule has 22 heavy (non-hydrogen) atoms. The van der Waals surface area contributed by atoms with E-state index in [0.29, 0.717) is 12.5 Å². The predicted molar refractivity (Wildman–Crippen MR) is 95.6 cm³/mol. The number of guanidine groups is 1. The summed E-state index contributed by atoms with van der Waals surface area (Å²) in [5.74, 6) is 0.442. The molecule has 0 fully saturated rings. The van der Waals surface area contributed by atoms with Crippen LogP contribution in [-0.4, -0.2) is 25.6 Å². The first-order chi connectivity index (χ1) is 10.6. The minimum Gasteiger partial charge on any atom is -0.370 e. The lowest BCUT2D eigenvalue weighted by atomic mass is 10.2. The molecule has 0 aliphatic carbocycles. The van der Waals surface area contributed by atoms with Crippen molar-refractivity contribution < 1.29 is 0 Å². The van der Waals surface area contributed by atoms with Gasteiger partial charge in [-0.05, 0) is 38.1 Å². The van der Waals surface area contributed by atoms with E-state index in [2.05, 4.69) is 48.2 Å². The van der Waals surface area contributed by atoms with Crippen LogP contribution in [-0.2, 0) is 0 Å². The van der Waals surface area contributed by atoms with Gasteiger partial charge in [0.1, 0.15) is 0 Å². The summed E-state index contributed by atoms with van der Waals surface area (Å²) in [5.41, 5.74) is 9.30. The van der Waals surface area contributed by atoms with Crippen LogP contribution in [0.3, 0.4) is 0 Å². The van der Waals surface area contributed by atoms with E-state index in [1.54, 1.807) is 0 Å². The van der Waals surface area contributed by atoms with Crippen molar-refractivity contribution in [2.45, 2.75) is 19.9 Å². The number of para-hydroxylation sites is 1. The Kier molecular flexibility index (Phi) is 5.42. The topological polar surface area (TPSA) is 53.6 Å². The number of aliphatic imine (C=N–C) groups is 1. The summed E-state index contributed by atoms with van der Waals surface area (Å²) in [4.78, 5) is 6.63. The van der Waals surface area contributed by atoms with Crippen LogP contribution in [0.2, 0.25) is 0 Å². The summed E-state index contributed by atoms with van der Waals surface area (Å²) < 4.78 is 0. The van der Waals surface area contributed by atoms with E-state index in [1.807, 2.05) is 42.5 Å². The monoisotopic (exact) mass is 296 g/mol. The zero-order valence-corrected chi connectivity index (χ0v) is 13.5. The minimum absolute atomic E-state index is 0.265. The Morgan fingerprint density at radius 2 is 1.77 bits per heavy atom. The third kappa shape index (κ3) is 4.52. The molecule has 0 spiro atoms. The summed E-state index contributed by atoms with van der Waals surface area (Å²) in [7, 11) is 2.07. The van der Waals surface area contributed by atoms with E-state index in [0.717, 1.165) is 5.69 Å². The van der Waals surface area contributed by atoms with Gasteiger partial charge in [0.05, 0.1) is 6.54 Å². The highest BCUT2D eigenvalue weighted by Crippen LogP contribution is 2.14. The maximum atomic E-state index is 5.95. The SMILES string of the molecule is Cc1ccc(NC(N)=NCC(C)N(C)c2ccccc2)cc1. The molecule has 0 aliphatic rings. The highest BCUT2D eigenvalue weighted by molar-refractivity contribution is 5.92. The van der Waals surface area contributed by atoms with Gasteiger partial charge >= 0.3 is 0 Å². The molecule has 1 unspecified atom stereocenters. The molecule has 0 heterocycles.